The Morgan fingerprint density at radius 1 is 1.33 bits per heavy atom. The van der Waals surface area contributed by atoms with E-state index in [1.807, 2.05) is 0 Å². The molecule has 0 heterocycles. The van der Waals surface area contributed by atoms with Crippen LogP contribution in [-0.4, -0.2) is 31.9 Å². The average molecular weight is 254 g/mol. The van der Waals surface area contributed by atoms with Crippen LogP contribution < -0.4 is 9.47 Å². The van der Waals surface area contributed by atoms with Gasteiger partial charge in [-0.3, -0.25) is 0 Å². The van der Waals surface area contributed by atoms with Crippen molar-refractivity contribution in [2.75, 3.05) is 20.8 Å². The summed E-state index contributed by atoms with van der Waals surface area (Å²) in [7, 11) is 2.97. The van der Waals surface area contributed by atoms with Crippen LogP contribution in [0, 0.1) is 0 Å². The first-order valence-corrected chi connectivity index (χ1v) is 5.59. The van der Waals surface area contributed by atoms with Crippen LogP contribution in [0.2, 0.25) is 0 Å². The second-order valence-electron chi connectivity index (χ2n) is 3.86. The van der Waals surface area contributed by atoms with Gasteiger partial charge >= 0.3 is 5.97 Å². The van der Waals surface area contributed by atoms with Gasteiger partial charge in [-0.15, -0.1) is 0 Å². The van der Waals surface area contributed by atoms with Gasteiger partial charge in [0.25, 0.3) is 0 Å². The van der Waals surface area contributed by atoms with Crippen molar-refractivity contribution in [2.45, 2.75) is 19.4 Å². The molecule has 1 rings (SSSR count). The van der Waals surface area contributed by atoms with Crippen molar-refractivity contribution < 1.29 is 24.1 Å². The maximum Gasteiger partial charge on any atom is 0.342 e. The standard InChI is InChI=1S/C13H18O5/c1-5-18-12(14)13(2,15)10-8-9(16-3)6-7-11(10)17-4/h6-8,15H,5H2,1-4H3. The van der Waals surface area contributed by atoms with Crippen LogP contribution in [0.15, 0.2) is 18.2 Å². The molecule has 5 nitrogen and oxygen atoms in total. The van der Waals surface area contributed by atoms with Crippen molar-refractivity contribution in [1.82, 2.24) is 0 Å². The third kappa shape index (κ3) is 2.73. The van der Waals surface area contributed by atoms with Gasteiger partial charge < -0.3 is 19.3 Å². The van der Waals surface area contributed by atoms with Crippen molar-refractivity contribution in [1.29, 1.82) is 0 Å². The van der Waals surface area contributed by atoms with Crippen molar-refractivity contribution in [3.8, 4) is 11.5 Å². The molecule has 1 aromatic rings. The first kappa shape index (κ1) is 14.3. The Morgan fingerprint density at radius 3 is 2.50 bits per heavy atom. The van der Waals surface area contributed by atoms with E-state index >= 15 is 0 Å². The quantitative estimate of drug-likeness (QED) is 0.806. The van der Waals surface area contributed by atoms with Gasteiger partial charge in [0.2, 0.25) is 0 Å². The summed E-state index contributed by atoms with van der Waals surface area (Å²) in [5.41, 5.74) is -1.47. The molecule has 0 fully saturated rings. The minimum absolute atomic E-state index is 0.196. The summed E-state index contributed by atoms with van der Waals surface area (Å²) in [4.78, 5) is 11.8. The van der Waals surface area contributed by atoms with Gasteiger partial charge in [-0.25, -0.2) is 4.79 Å². The molecule has 0 aliphatic rings. The van der Waals surface area contributed by atoms with Crippen LogP contribution in [0.4, 0.5) is 0 Å². The molecule has 0 amide bonds. The van der Waals surface area contributed by atoms with Crippen molar-refractivity contribution in [3.05, 3.63) is 23.8 Å². The monoisotopic (exact) mass is 254 g/mol. The van der Waals surface area contributed by atoms with E-state index in [1.54, 1.807) is 25.1 Å². The summed E-state index contributed by atoms with van der Waals surface area (Å²) < 4.78 is 15.1. The highest BCUT2D eigenvalue weighted by Crippen LogP contribution is 2.33. The minimum Gasteiger partial charge on any atom is -0.497 e. The molecular formula is C13H18O5. The van der Waals surface area contributed by atoms with Gasteiger partial charge in [0.1, 0.15) is 11.5 Å². The molecule has 0 aliphatic heterocycles. The van der Waals surface area contributed by atoms with Crippen LogP contribution in [-0.2, 0) is 15.1 Å². The van der Waals surface area contributed by atoms with E-state index in [1.165, 1.54) is 21.1 Å². The van der Waals surface area contributed by atoms with Gasteiger partial charge in [-0.05, 0) is 32.0 Å². The maximum atomic E-state index is 11.8. The van der Waals surface area contributed by atoms with Crippen LogP contribution in [0.1, 0.15) is 19.4 Å². The fourth-order valence-corrected chi connectivity index (χ4v) is 1.58. The summed E-state index contributed by atoms with van der Waals surface area (Å²) in [6, 6.07) is 4.86. The number of aliphatic hydroxyl groups is 1. The molecule has 0 spiro atoms. The minimum atomic E-state index is -1.78. The SMILES string of the molecule is CCOC(=O)C(C)(O)c1cc(OC)ccc1OC. The Kier molecular flexibility index (Phi) is 4.55. The highest BCUT2D eigenvalue weighted by molar-refractivity contribution is 5.81. The van der Waals surface area contributed by atoms with Gasteiger partial charge in [-0.1, -0.05) is 0 Å². The first-order valence-electron chi connectivity index (χ1n) is 5.59. The molecule has 100 valence electrons. The van der Waals surface area contributed by atoms with E-state index in [9.17, 15) is 9.90 Å². The summed E-state index contributed by atoms with van der Waals surface area (Å²) >= 11 is 0. The fourth-order valence-electron chi connectivity index (χ4n) is 1.58. The Labute approximate surface area is 106 Å². The topological polar surface area (TPSA) is 65.0 Å². The third-order valence-electron chi connectivity index (χ3n) is 2.60. The zero-order valence-corrected chi connectivity index (χ0v) is 11.0. The Balaban J connectivity index is 3.23. The molecule has 0 saturated heterocycles. The van der Waals surface area contributed by atoms with Crippen LogP contribution >= 0.6 is 0 Å². The largest absolute Gasteiger partial charge is 0.497 e. The molecule has 0 bridgehead atoms. The zero-order valence-electron chi connectivity index (χ0n) is 11.0. The second-order valence-corrected chi connectivity index (χ2v) is 3.86. The number of carbonyl (C=O) groups is 1. The van der Waals surface area contributed by atoms with Crippen LogP contribution in [0.3, 0.4) is 0 Å². The second kappa shape index (κ2) is 5.73. The highest BCUT2D eigenvalue weighted by Gasteiger charge is 2.37. The molecule has 1 atom stereocenters. The predicted molar refractivity (Wildman–Crippen MR) is 65.7 cm³/mol. The third-order valence-corrected chi connectivity index (χ3v) is 2.60. The van der Waals surface area contributed by atoms with Crippen molar-refractivity contribution in [3.63, 3.8) is 0 Å². The van der Waals surface area contributed by atoms with Crippen molar-refractivity contribution >= 4 is 5.97 Å². The Hall–Kier alpha value is -1.75. The van der Waals surface area contributed by atoms with E-state index in [0.29, 0.717) is 17.1 Å². The lowest BCUT2D eigenvalue weighted by Gasteiger charge is -2.23. The summed E-state index contributed by atoms with van der Waals surface area (Å²) in [5, 5.41) is 10.3. The normalized spacial score (nSPS) is 13.6. The maximum absolute atomic E-state index is 11.8. The lowest BCUT2D eigenvalue weighted by molar-refractivity contribution is -0.164. The van der Waals surface area contributed by atoms with Gasteiger partial charge in [0, 0.05) is 5.56 Å². The summed E-state index contributed by atoms with van der Waals surface area (Å²) in [6.45, 7) is 3.24. The Morgan fingerprint density at radius 2 is 2.00 bits per heavy atom. The molecule has 1 aromatic carbocycles. The first-order chi connectivity index (χ1) is 8.47. The average Bonchev–Trinajstić information content (AvgIpc) is 2.38. The van der Waals surface area contributed by atoms with E-state index in [-0.39, 0.29) is 6.61 Å². The fraction of sp³-hybridized carbons (Fsp3) is 0.462. The van der Waals surface area contributed by atoms with E-state index in [0.717, 1.165) is 0 Å². The number of hydrogen-bond acceptors (Lipinski definition) is 5. The zero-order chi connectivity index (χ0) is 13.8. The molecule has 18 heavy (non-hydrogen) atoms. The number of esters is 1. The summed E-state index contributed by atoms with van der Waals surface area (Å²) in [5.74, 6) is 0.195. The molecular weight excluding hydrogens is 236 g/mol. The molecule has 0 saturated carbocycles. The molecule has 5 heteroatoms. The highest BCUT2D eigenvalue weighted by atomic mass is 16.5. The number of ether oxygens (including phenoxy) is 3. The van der Waals surface area contributed by atoms with E-state index in [2.05, 4.69) is 0 Å². The number of hydrogen-bond donors (Lipinski definition) is 1. The molecule has 0 aromatic heterocycles. The number of rotatable bonds is 5. The van der Waals surface area contributed by atoms with Gasteiger partial charge in [0.05, 0.1) is 20.8 Å². The van der Waals surface area contributed by atoms with E-state index in [4.69, 9.17) is 14.2 Å². The lowest BCUT2D eigenvalue weighted by atomic mass is 9.95. The number of methoxy groups -OCH3 is 2. The smallest absolute Gasteiger partial charge is 0.342 e. The molecule has 1 N–H and O–H groups in total. The summed E-state index contributed by atoms with van der Waals surface area (Å²) in [6.07, 6.45) is 0. The molecule has 1 unspecified atom stereocenters. The number of carbonyl (C=O) groups excluding carboxylic acids is 1. The van der Waals surface area contributed by atoms with Crippen LogP contribution in [0.25, 0.3) is 0 Å². The molecule has 0 aliphatic carbocycles. The van der Waals surface area contributed by atoms with E-state index < -0.39 is 11.6 Å². The van der Waals surface area contributed by atoms with Crippen molar-refractivity contribution in [2.24, 2.45) is 0 Å². The number of benzene rings is 1. The van der Waals surface area contributed by atoms with Gasteiger partial charge in [-0.2, -0.15) is 0 Å². The predicted octanol–water partition coefficient (Wildman–Crippen LogP) is 1.47. The molecule has 0 radical (unpaired) electrons. The van der Waals surface area contributed by atoms with Crippen LogP contribution in [0.5, 0.6) is 11.5 Å². The van der Waals surface area contributed by atoms with Gasteiger partial charge in [0.15, 0.2) is 5.60 Å². The lowest BCUT2D eigenvalue weighted by Crippen LogP contribution is -2.34. The Bertz CT molecular complexity index is 425.